The SMILES string of the molecule is C=CC(=O)Nc1cccc(CN(C(=O)Nc2cccc(C(F)(F)F)c2)C2CCN(C(C)CCC)CC2)c1.CCCC(C)N1CCC(N(Cc2cccc(NC(=O)CCl)c2)C(=O)Nc2cccc(C(F)(F)F)c2)CC1.CCCCCCc1ccc(NC(=O)N(Cc2ccccc2)C2CCN(C(C)CCC)CC2)cc1.CCCCN(C(=O)Nc1ccc(Cl)c(Cl)c1)C1CCN(C(C)CCC)CC1. The molecule has 0 saturated carbocycles. The average molecular weight is 1930 g/mol. The minimum absolute atomic E-state index is 0.0135. The molecule has 4 fully saturated rings. The summed E-state index contributed by atoms with van der Waals surface area (Å²) in [6.07, 6.45) is 17.0. The molecule has 0 aromatic heterocycles. The second-order valence-corrected chi connectivity index (χ2v) is 37.4. The van der Waals surface area contributed by atoms with Gasteiger partial charge in [-0.2, -0.15) is 26.3 Å². The van der Waals surface area contributed by atoms with E-state index in [1.807, 2.05) is 23.1 Å². The Hall–Kier alpha value is -9.41. The summed E-state index contributed by atoms with van der Waals surface area (Å²) < 4.78 is 79.1. The number of hydrogen-bond acceptors (Lipinski definition) is 10. The van der Waals surface area contributed by atoms with Crippen LogP contribution in [0.15, 0.2) is 183 Å². The summed E-state index contributed by atoms with van der Waals surface area (Å²) in [5.74, 6) is -0.860. The first-order valence-corrected chi connectivity index (χ1v) is 50.2. The second-order valence-electron chi connectivity index (χ2n) is 36.3. The summed E-state index contributed by atoms with van der Waals surface area (Å²) in [6.45, 7) is 35.3. The van der Waals surface area contributed by atoms with E-state index in [1.165, 1.54) is 92.8 Å². The van der Waals surface area contributed by atoms with Crippen molar-refractivity contribution in [3.05, 3.63) is 226 Å². The van der Waals surface area contributed by atoms with Crippen LogP contribution in [0.1, 0.15) is 244 Å². The number of carbonyl (C=O) groups excluding carboxylic acids is 6. The van der Waals surface area contributed by atoms with Crippen molar-refractivity contribution in [2.45, 2.75) is 297 Å². The number of amides is 10. The average Bonchev–Trinajstić information content (AvgIpc) is 0.817. The van der Waals surface area contributed by atoms with Gasteiger partial charge >= 0.3 is 36.5 Å². The lowest BCUT2D eigenvalue weighted by atomic mass is 10.00. The van der Waals surface area contributed by atoms with E-state index in [0.717, 1.165) is 196 Å². The van der Waals surface area contributed by atoms with Crippen molar-refractivity contribution in [3.8, 4) is 0 Å². The monoisotopic (exact) mass is 1930 g/mol. The Balaban J connectivity index is 0.000000223. The summed E-state index contributed by atoms with van der Waals surface area (Å²) in [4.78, 5) is 94.2. The fourth-order valence-electron chi connectivity index (χ4n) is 18.3. The van der Waals surface area contributed by atoms with Crippen LogP contribution in [-0.4, -0.2) is 188 Å². The zero-order valence-electron chi connectivity index (χ0n) is 81.0. The van der Waals surface area contributed by atoms with E-state index in [9.17, 15) is 55.1 Å². The van der Waals surface area contributed by atoms with Gasteiger partial charge in [-0.15, -0.1) is 11.6 Å². The number of carbonyl (C=O) groups is 6. The van der Waals surface area contributed by atoms with Crippen molar-refractivity contribution in [1.82, 2.24) is 39.2 Å². The van der Waals surface area contributed by atoms with Crippen molar-refractivity contribution >= 4 is 105 Å². The first-order valence-electron chi connectivity index (χ1n) is 48.9. The van der Waals surface area contributed by atoms with E-state index in [1.54, 1.807) is 64.4 Å². The number of benzene rings is 7. The van der Waals surface area contributed by atoms with Gasteiger partial charge in [-0.1, -0.05) is 202 Å². The minimum Gasteiger partial charge on any atom is -0.325 e. The number of likely N-dealkylation sites (tertiary alicyclic amines) is 4. The lowest BCUT2D eigenvalue weighted by molar-refractivity contribution is -0.138. The molecule has 11 rings (SSSR count). The van der Waals surface area contributed by atoms with E-state index in [2.05, 4.69) is 181 Å². The normalized spacial score (nSPS) is 15.9. The maximum atomic E-state index is 13.5. The van der Waals surface area contributed by atoms with Crippen LogP contribution >= 0.6 is 34.8 Å². The standard InChI is InChI=1S/C30H45N3O.C28H35F3N4O2.C27H34ClF3N4O2.C21H33Cl2N3O/c1-4-6-7-9-13-26-16-18-28(19-17-26)31-30(34)33(24-27-14-10-8-11-15-27)29-20-22-32(23-21-29)25(3)12-5-2;1-4-8-20(3)34-15-13-25(14-16-34)35(19-21-9-6-11-23(17-21)32-26(36)5-2)27(37)33-24-12-7-10-22(18-24)28(29,30)31;1-3-6-19(2)34-13-11-24(12-14-34)35(18-20-7-4-9-22(15-20)32-25(36)17-28)26(37)33-23-10-5-8-21(16-23)27(29,30)31;1-4-6-12-26(18-10-13-25(14-11-18)16(3)7-5-2)21(27)24-17-8-9-19(22)20(23)15-17/h8,10-11,14-19,25,29H,4-7,9,12-13,20-24H2,1-3H3,(H,31,34);5-7,9-12,17-18,20,25H,2,4,8,13-16,19H2,1,3H3,(H,32,36)(H,33,37);4-5,7-10,15-16,19,24H,3,6,11-14,17-18H2,1-2H3,(H,32,36)(H,33,37);8-9,15-16,18H,4-7,10-14H2,1-3H3,(H,24,27). The third-order valence-corrected chi connectivity index (χ3v) is 27.0. The number of halogens is 9. The number of nitrogens with one attached hydrogen (secondary N) is 6. The molecular formula is C106H147Cl3F6N14O6. The van der Waals surface area contributed by atoms with Crippen molar-refractivity contribution in [1.29, 1.82) is 0 Å². The Labute approximate surface area is 814 Å². The number of unbranched alkanes of at least 4 members (excludes halogenated alkanes) is 4. The Morgan fingerprint density at radius 1 is 0.370 bits per heavy atom. The van der Waals surface area contributed by atoms with E-state index < -0.39 is 35.5 Å². The van der Waals surface area contributed by atoms with Crippen molar-refractivity contribution < 1.29 is 55.1 Å². The Morgan fingerprint density at radius 2 is 0.711 bits per heavy atom. The highest BCUT2D eigenvalue weighted by Gasteiger charge is 2.37. The van der Waals surface area contributed by atoms with Gasteiger partial charge in [0.25, 0.3) is 0 Å². The molecular weight excluding hydrogens is 1790 g/mol. The molecule has 7 aromatic rings. The van der Waals surface area contributed by atoms with Crippen LogP contribution in [0.25, 0.3) is 0 Å². The zero-order chi connectivity index (χ0) is 98.0. The van der Waals surface area contributed by atoms with E-state index in [-0.39, 0.29) is 72.3 Å². The van der Waals surface area contributed by atoms with Crippen molar-refractivity contribution in [2.75, 3.05) is 96.7 Å². The van der Waals surface area contributed by atoms with Gasteiger partial charge in [0.15, 0.2) is 0 Å². The summed E-state index contributed by atoms with van der Waals surface area (Å²) in [5.41, 5.74) is 5.35. The molecule has 4 heterocycles. The molecule has 740 valence electrons. The van der Waals surface area contributed by atoms with E-state index in [0.29, 0.717) is 63.9 Å². The van der Waals surface area contributed by atoms with Crippen molar-refractivity contribution in [2.24, 2.45) is 0 Å². The molecule has 10 amide bonds. The molecule has 0 bridgehead atoms. The summed E-state index contributed by atoms with van der Waals surface area (Å²) >= 11 is 17.6. The van der Waals surface area contributed by atoms with Crippen LogP contribution in [0.3, 0.4) is 0 Å². The predicted octanol–water partition coefficient (Wildman–Crippen LogP) is 26.9. The molecule has 4 unspecified atom stereocenters. The van der Waals surface area contributed by atoms with Gasteiger partial charge in [0, 0.05) is 161 Å². The molecule has 7 aromatic carbocycles. The molecule has 0 radical (unpaired) electrons. The molecule has 20 nitrogen and oxygen atoms in total. The third-order valence-electron chi connectivity index (χ3n) is 26.1. The Bertz CT molecular complexity index is 4740. The van der Waals surface area contributed by atoms with Gasteiger partial charge in [0.1, 0.15) is 5.88 Å². The lowest BCUT2D eigenvalue weighted by Gasteiger charge is -2.40. The summed E-state index contributed by atoms with van der Waals surface area (Å²) in [5, 5.41) is 17.9. The first-order chi connectivity index (χ1) is 64.8. The van der Waals surface area contributed by atoms with E-state index >= 15 is 0 Å². The number of rotatable bonds is 38. The van der Waals surface area contributed by atoms with Crippen LogP contribution in [0.5, 0.6) is 0 Å². The molecule has 0 aliphatic carbocycles. The molecule has 4 atom stereocenters. The third kappa shape index (κ3) is 37.5. The van der Waals surface area contributed by atoms with Crippen LogP contribution in [0.4, 0.5) is 79.6 Å². The Morgan fingerprint density at radius 3 is 1.08 bits per heavy atom. The van der Waals surface area contributed by atoms with Crippen molar-refractivity contribution in [3.63, 3.8) is 0 Å². The lowest BCUT2D eigenvalue weighted by Crippen LogP contribution is -2.50. The fraction of sp³-hybridized carbons (Fsp3) is 0.528. The van der Waals surface area contributed by atoms with Gasteiger partial charge in [-0.25, -0.2) is 19.2 Å². The van der Waals surface area contributed by atoms with Gasteiger partial charge in [-0.3, -0.25) is 9.59 Å². The molecule has 135 heavy (non-hydrogen) atoms. The second kappa shape index (κ2) is 57.7. The number of hydrogen-bond donors (Lipinski definition) is 6. The number of piperidine rings is 4. The topological polar surface area (TPSA) is 201 Å². The highest BCUT2D eigenvalue weighted by molar-refractivity contribution is 6.42. The number of urea groups is 4. The number of nitrogens with zero attached hydrogens (tertiary/aromatic N) is 8. The number of anilines is 6. The molecule has 4 aliphatic rings. The molecule has 0 spiro atoms. The van der Waals surface area contributed by atoms with Crippen LogP contribution in [0.2, 0.25) is 10.0 Å². The largest absolute Gasteiger partial charge is 0.416 e. The van der Waals surface area contributed by atoms with Gasteiger partial charge in [0.05, 0.1) is 21.2 Å². The molecule has 29 heteroatoms. The maximum absolute atomic E-state index is 13.5. The molecule has 4 saturated heterocycles. The van der Waals surface area contributed by atoms with Gasteiger partial charge in [-0.05, 0) is 243 Å². The van der Waals surface area contributed by atoms with E-state index in [4.69, 9.17) is 34.8 Å². The quantitative estimate of drug-likeness (QED) is 0.00936. The Kier molecular flexibility index (Phi) is 47.4. The van der Waals surface area contributed by atoms with Gasteiger partial charge in [0.2, 0.25) is 11.8 Å². The first kappa shape index (κ1) is 111. The number of aryl methyl sites for hydroxylation is 1. The highest BCUT2D eigenvalue weighted by atomic mass is 35.5. The summed E-state index contributed by atoms with van der Waals surface area (Å²) in [6, 6.07) is 49.2. The number of alkyl halides is 7. The predicted molar refractivity (Wildman–Crippen MR) is 541 cm³/mol. The summed E-state index contributed by atoms with van der Waals surface area (Å²) in [7, 11) is 0. The van der Waals surface area contributed by atoms with Crippen LogP contribution in [-0.2, 0) is 48.0 Å². The van der Waals surface area contributed by atoms with Gasteiger partial charge < -0.3 is 71.1 Å². The maximum Gasteiger partial charge on any atom is 0.416 e. The molecule has 4 aliphatic heterocycles. The van der Waals surface area contributed by atoms with Crippen LogP contribution in [0, 0.1) is 0 Å². The molecule has 6 N–H and O–H groups in total. The fourth-order valence-corrected chi connectivity index (χ4v) is 18.7. The zero-order valence-corrected chi connectivity index (χ0v) is 83.2. The smallest absolute Gasteiger partial charge is 0.325 e. The highest BCUT2D eigenvalue weighted by Crippen LogP contribution is 2.36. The minimum atomic E-state index is -4.50. The van der Waals surface area contributed by atoms with Crippen LogP contribution < -0.4 is 31.9 Å².